The third-order valence-electron chi connectivity index (χ3n) is 2.56. The predicted octanol–water partition coefficient (Wildman–Crippen LogP) is 1.77. The maximum atomic E-state index is 12.0. The second kappa shape index (κ2) is 6.47. The van der Waals surface area contributed by atoms with Gasteiger partial charge in [0.2, 0.25) is 0 Å². The van der Waals surface area contributed by atoms with Crippen LogP contribution in [-0.2, 0) is 0 Å². The van der Waals surface area contributed by atoms with Gasteiger partial charge < -0.3 is 15.7 Å². The number of carbonyl (C=O) groups is 1. The summed E-state index contributed by atoms with van der Waals surface area (Å²) in [7, 11) is 1.00. The molecule has 0 unspecified atom stereocenters. The average molecular weight is 257 g/mol. The largest absolute Gasteiger partial charge is 0.400 e. The number of carbonyl (C=O) groups excluding carboxylic acids is 1. The van der Waals surface area contributed by atoms with Crippen LogP contribution in [0.5, 0.6) is 0 Å². The number of aliphatic hydroxyl groups is 1. The summed E-state index contributed by atoms with van der Waals surface area (Å²) in [4.78, 5) is 13.8. The van der Waals surface area contributed by atoms with Crippen molar-refractivity contribution >= 4 is 23.2 Å². The molecule has 2 rings (SSSR count). The molecule has 4 nitrogen and oxygen atoms in total. The summed E-state index contributed by atoms with van der Waals surface area (Å²) in [5.41, 5.74) is 6.76. The van der Waals surface area contributed by atoms with Gasteiger partial charge in [0.25, 0.3) is 5.91 Å². The van der Waals surface area contributed by atoms with Crippen LogP contribution >= 0.6 is 11.6 Å². The third-order valence-corrected chi connectivity index (χ3v) is 2.78. The Labute approximate surface area is 106 Å². The molecule has 0 aromatic heterocycles. The van der Waals surface area contributed by atoms with E-state index in [9.17, 15) is 4.79 Å². The number of benzene rings is 1. The smallest absolute Gasteiger partial charge is 0.253 e. The van der Waals surface area contributed by atoms with Gasteiger partial charge in [-0.3, -0.25) is 4.79 Å². The van der Waals surface area contributed by atoms with Crippen molar-refractivity contribution in [2.24, 2.45) is 0 Å². The highest BCUT2D eigenvalue weighted by atomic mass is 35.5. The van der Waals surface area contributed by atoms with E-state index in [1.807, 2.05) is 4.90 Å². The van der Waals surface area contributed by atoms with Gasteiger partial charge in [0.1, 0.15) is 0 Å². The highest BCUT2D eigenvalue weighted by molar-refractivity contribution is 6.31. The predicted molar refractivity (Wildman–Crippen MR) is 69.1 cm³/mol. The Bertz CT molecular complexity index is 370. The Kier molecular flexibility index (Phi) is 5.25. The number of rotatable bonds is 1. The van der Waals surface area contributed by atoms with Gasteiger partial charge in [-0.15, -0.1) is 0 Å². The molecule has 1 saturated heterocycles. The fourth-order valence-electron chi connectivity index (χ4n) is 1.84. The molecule has 1 heterocycles. The van der Waals surface area contributed by atoms with Crippen LogP contribution in [0.15, 0.2) is 18.2 Å². The molecule has 1 aromatic rings. The lowest BCUT2D eigenvalue weighted by atomic mass is 10.2. The Morgan fingerprint density at radius 3 is 2.41 bits per heavy atom. The summed E-state index contributed by atoms with van der Waals surface area (Å²) in [6.07, 6.45) is 2.17. The van der Waals surface area contributed by atoms with Crippen LogP contribution in [0.3, 0.4) is 0 Å². The van der Waals surface area contributed by atoms with Crippen molar-refractivity contribution in [2.75, 3.05) is 25.9 Å². The topological polar surface area (TPSA) is 66.6 Å². The Morgan fingerprint density at radius 2 is 1.88 bits per heavy atom. The minimum Gasteiger partial charge on any atom is -0.400 e. The maximum absolute atomic E-state index is 12.0. The molecule has 1 amide bonds. The van der Waals surface area contributed by atoms with Crippen LogP contribution in [-0.4, -0.2) is 36.1 Å². The molecule has 1 aromatic carbocycles. The Hall–Kier alpha value is -1.26. The molecular weight excluding hydrogens is 240 g/mol. The SMILES string of the molecule is CO.Nc1cc(Cl)cc(C(=O)N2CCCC2)c1. The van der Waals surface area contributed by atoms with Crippen LogP contribution in [0.1, 0.15) is 23.2 Å². The zero-order valence-electron chi connectivity index (χ0n) is 9.82. The molecule has 0 atom stereocenters. The fourth-order valence-corrected chi connectivity index (χ4v) is 2.08. The number of nitrogen functional groups attached to an aromatic ring is 1. The number of likely N-dealkylation sites (tertiary alicyclic amines) is 1. The lowest BCUT2D eigenvalue weighted by Gasteiger charge is -2.15. The standard InChI is InChI=1S/C11H13ClN2O.CH4O/c12-9-5-8(6-10(13)7-9)11(15)14-3-1-2-4-14;1-2/h5-7H,1-4,13H2;2H,1H3. The molecular formula is C12H17ClN2O2. The van der Waals surface area contributed by atoms with Gasteiger partial charge >= 0.3 is 0 Å². The van der Waals surface area contributed by atoms with Gasteiger partial charge in [0.15, 0.2) is 0 Å². The molecule has 1 aliphatic rings. The van der Waals surface area contributed by atoms with Gasteiger partial charge in [-0.2, -0.15) is 0 Å². The summed E-state index contributed by atoms with van der Waals surface area (Å²) in [5.74, 6) is 0.0294. The molecule has 0 saturated carbocycles. The number of hydrogen-bond donors (Lipinski definition) is 2. The minimum atomic E-state index is 0.0294. The Morgan fingerprint density at radius 1 is 1.29 bits per heavy atom. The number of hydrogen-bond acceptors (Lipinski definition) is 3. The molecule has 1 aliphatic heterocycles. The quantitative estimate of drug-likeness (QED) is 0.753. The molecule has 1 fully saturated rings. The average Bonchev–Trinajstić information content (AvgIpc) is 2.83. The van der Waals surface area contributed by atoms with Gasteiger partial charge in [0, 0.05) is 36.5 Å². The number of nitrogens with zero attached hydrogens (tertiary/aromatic N) is 1. The third kappa shape index (κ3) is 3.61. The highest BCUT2D eigenvalue weighted by Crippen LogP contribution is 2.19. The lowest BCUT2D eigenvalue weighted by molar-refractivity contribution is 0.0793. The summed E-state index contributed by atoms with van der Waals surface area (Å²) in [6.45, 7) is 1.68. The highest BCUT2D eigenvalue weighted by Gasteiger charge is 2.19. The number of halogens is 1. The number of nitrogens with two attached hydrogens (primary N) is 1. The zero-order chi connectivity index (χ0) is 12.8. The molecule has 5 heteroatoms. The van der Waals surface area contributed by atoms with Gasteiger partial charge in [-0.1, -0.05) is 11.6 Å². The first kappa shape index (κ1) is 13.8. The van der Waals surface area contributed by atoms with E-state index in [1.54, 1.807) is 18.2 Å². The van der Waals surface area contributed by atoms with E-state index in [0.29, 0.717) is 16.3 Å². The van der Waals surface area contributed by atoms with Gasteiger partial charge in [-0.05, 0) is 31.0 Å². The van der Waals surface area contributed by atoms with E-state index in [1.165, 1.54) is 0 Å². The minimum absolute atomic E-state index is 0.0294. The second-order valence-corrected chi connectivity index (χ2v) is 4.21. The van der Waals surface area contributed by atoms with Crippen molar-refractivity contribution in [3.05, 3.63) is 28.8 Å². The van der Waals surface area contributed by atoms with Crippen molar-refractivity contribution in [3.63, 3.8) is 0 Å². The van der Waals surface area contributed by atoms with Crippen molar-refractivity contribution in [1.82, 2.24) is 4.90 Å². The van der Waals surface area contributed by atoms with Crippen molar-refractivity contribution in [3.8, 4) is 0 Å². The fraction of sp³-hybridized carbons (Fsp3) is 0.417. The first-order chi connectivity index (χ1) is 8.16. The maximum Gasteiger partial charge on any atom is 0.253 e. The lowest BCUT2D eigenvalue weighted by Crippen LogP contribution is -2.27. The van der Waals surface area contributed by atoms with Crippen molar-refractivity contribution in [1.29, 1.82) is 0 Å². The van der Waals surface area contributed by atoms with Crippen LogP contribution < -0.4 is 5.73 Å². The van der Waals surface area contributed by atoms with Crippen LogP contribution in [0.4, 0.5) is 5.69 Å². The Balaban J connectivity index is 0.000000686. The van der Waals surface area contributed by atoms with Crippen molar-refractivity contribution < 1.29 is 9.90 Å². The molecule has 0 radical (unpaired) electrons. The molecule has 0 bridgehead atoms. The first-order valence-corrected chi connectivity index (χ1v) is 5.85. The summed E-state index contributed by atoms with van der Waals surface area (Å²) < 4.78 is 0. The molecule has 3 N–H and O–H groups in total. The second-order valence-electron chi connectivity index (χ2n) is 3.77. The summed E-state index contributed by atoms with van der Waals surface area (Å²) >= 11 is 5.85. The first-order valence-electron chi connectivity index (χ1n) is 5.47. The van der Waals surface area contributed by atoms with Crippen LogP contribution in [0, 0.1) is 0 Å². The van der Waals surface area contributed by atoms with Crippen molar-refractivity contribution in [2.45, 2.75) is 12.8 Å². The molecule has 94 valence electrons. The number of anilines is 1. The summed E-state index contributed by atoms with van der Waals surface area (Å²) in [6, 6.07) is 4.98. The van der Waals surface area contributed by atoms with Crippen LogP contribution in [0.25, 0.3) is 0 Å². The molecule has 0 aliphatic carbocycles. The molecule has 17 heavy (non-hydrogen) atoms. The van der Waals surface area contributed by atoms with Gasteiger partial charge in [-0.25, -0.2) is 0 Å². The van der Waals surface area contributed by atoms with Crippen LogP contribution in [0.2, 0.25) is 5.02 Å². The summed E-state index contributed by atoms with van der Waals surface area (Å²) in [5, 5.41) is 7.51. The monoisotopic (exact) mass is 256 g/mol. The number of amides is 1. The van der Waals surface area contributed by atoms with E-state index in [0.717, 1.165) is 33.0 Å². The molecule has 0 spiro atoms. The van der Waals surface area contributed by atoms with E-state index in [4.69, 9.17) is 22.4 Å². The number of aliphatic hydroxyl groups excluding tert-OH is 1. The zero-order valence-corrected chi connectivity index (χ0v) is 10.6. The van der Waals surface area contributed by atoms with E-state index in [-0.39, 0.29) is 5.91 Å². The van der Waals surface area contributed by atoms with E-state index < -0.39 is 0 Å². The van der Waals surface area contributed by atoms with E-state index >= 15 is 0 Å². The van der Waals surface area contributed by atoms with Gasteiger partial charge in [0.05, 0.1) is 0 Å². The normalized spacial score (nSPS) is 14.2. The van der Waals surface area contributed by atoms with E-state index in [2.05, 4.69) is 0 Å².